The van der Waals surface area contributed by atoms with E-state index in [0.717, 1.165) is 11.1 Å². The Labute approximate surface area is 224 Å². The van der Waals surface area contributed by atoms with Crippen LogP contribution in [0.2, 0.25) is 0 Å². The maximum atomic E-state index is 13.3. The molecule has 2 N–H and O–H groups in total. The van der Waals surface area contributed by atoms with Crippen LogP contribution in [0.3, 0.4) is 0 Å². The number of aliphatic carboxylic acids is 1. The molecule has 39 heavy (non-hydrogen) atoms. The lowest BCUT2D eigenvalue weighted by Crippen LogP contribution is -2.29. The highest BCUT2D eigenvalue weighted by molar-refractivity contribution is 6.51. The van der Waals surface area contributed by atoms with E-state index in [2.05, 4.69) is 0 Å². The van der Waals surface area contributed by atoms with Gasteiger partial charge in [-0.05, 0) is 66.1 Å². The third-order valence-corrected chi connectivity index (χ3v) is 6.51. The summed E-state index contributed by atoms with van der Waals surface area (Å²) in [4.78, 5) is 38.8. The van der Waals surface area contributed by atoms with Crippen LogP contribution in [0.1, 0.15) is 34.1 Å². The lowest BCUT2D eigenvalue weighted by molar-refractivity contribution is -0.136. The number of nitrogens with zero attached hydrogens (tertiary/aromatic N) is 1. The first kappa shape index (κ1) is 25.5. The summed E-state index contributed by atoms with van der Waals surface area (Å²) >= 11 is 0. The number of anilines is 1. The van der Waals surface area contributed by atoms with Crippen molar-refractivity contribution in [1.29, 1.82) is 0 Å². The topological polar surface area (TPSA) is 117 Å². The molecule has 1 amide bonds. The molecule has 0 saturated carbocycles. The molecular formula is C31H25NO7. The number of carboxylic acids is 1. The molecule has 1 aliphatic heterocycles. The summed E-state index contributed by atoms with van der Waals surface area (Å²) in [5, 5.41) is 20.4. The molecular weight excluding hydrogens is 498 g/mol. The molecule has 0 aliphatic carbocycles. The minimum absolute atomic E-state index is 0.109. The smallest absolute Gasteiger partial charge is 0.307 e. The van der Waals surface area contributed by atoms with Gasteiger partial charge in [-0.15, -0.1) is 0 Å². The molecule has 196 valence electrons. The Morgan fingerprint density at radius 2 is 1.67 bits per heavy atom. The molecule has 1 fully saturated rings. The van der Waals surface area contributed by atoms with Crippen molar-refractivity contribution >= 4 is 29.1 Å². The number of benzene rings is 3. The van der Waals surface area contributed by atoms with Crippen molar-refractivity contribution < 1.29 is 33.8 Å². The number of hydrogen-bond donors (Lipinski definition) is 2. The van der Waals surface area contributed by atoms with Crippen LogP contribution in [0.25, 0.3) is 5.76 Å². The van der Waals surface area contributed by atoms with Gasteiger partial charge < -0.3 is 19.4 Å². The van der Waals surface area contributed by atoms with Crippen LogP contribution in [-0.2, 0) is 27.4 Å². The van der Waals surface area contributed by atoms with E-state index in [4.69, 9.17) is 14.3 Å². The molecule has 1 unspecified atom stereocenters. The number of aliphatic hydroxyl groups is 1. The van der Waals surface area contributed by atoms with Gasteiger partial charge in [0.25, 0.3) is 11.7 Å². The largest absolute Gasteiger partial charge is 0.507 e. The molecule has 1 aliphatic rings. The van der Waals surface area contributed by atoms with Gasteiger partial charge in [0.15, 0.2) is 0 Å². The first-order valence-electron chi connectivity index (χ1n) is 12.3. The van der Waals surface area contributed by atoms with Gasteiger partial charge in [0.05, 0.1) is 18.3 Å². The lowest BCUT2D eigenvalue weighted by Gasteiger charge is -2.23. The van der Waals surface area contributed by atoms with Gasteiger partial charge in [-0.3, -0.25) is 19.3 Å². The van der Waals surface area contributed by atoms with Crippen LogP contribution in [0, 0.1) is 6.92 Å². The van der Waals surface area contributed by atoms with E-state index < -0.39 is 23.7 Å². The number of carbonyl (C=O) groups excluding carboxylic acids is 2. The van der Waals surface area contributed by atoms with E-state index in [1.807, 2.05) is 37.3 Å². The predicted octanol–water partition coefficient (Wildman–Crippen LogP) is 5.42. The summed E-state index contributed by atoms with van der Waals surface area (Å²) in [7, 11) is 0. The zero-order valence-electron chi connectivity index (χ0n) is 21.0. The summed E-state index contributed by atoms with van der Waals surface area (Å²) in [5.41, 5.74) is 2.91. The Kier molecular flexibility index (Phi) is 7.01. The third kappa shape index (κ3) is 5.17. The maximum Gasteiger partial charge on any atom is 0.307 e. The molecule has 3 aromatic carbocycles. The van der Waals surface area contributed by atoms with Gasteiger partial charge in [0, 0.05) is 11.3 Å². The highest BCUT2D eigenvalue weighted by Gasteiger charge is 2.48. The second-order valence-corrected chi connectivity index (χ2v) is 9.18. The van der Waals surface area contributed by atoms with E-state index in [1.165, 1.54) is 11.2 Å². The quantitative estimate of drug-likeness (QED) is 0.180. The van der Waals surface area contributed by atoms with Gasteiger partial charge in [0.1, 0.15) is 29.9 Å². The molecule has 4 aromatic rings. The molecule has 2 heterocycles. The van der Waals surface area contributed by atoms with Crippen molar-refractivity contribution in [1.82, 2.24) is 0 Å². The number of aryl methyl sites for hydroxylation is 1. The Balaban J connectivity index is 1.50. The van der Waals surface area contributed by atoms with E-state index in [-0.39, 0.29) is 17.8 Å². The fourth-order valence-electron chi connectivity index (χ4n) is 4.61. The van der Waals surface area contributed by atoms with Crippen LogP contribution in [-0.4, -0.2) is 27.9 Å². The number of aliphatic hydroxyl groups excluding tert-OH is 1. The van der Waals surface area contributed by atoms with Crippen molar-refractivity contribution in [3.05, 3.63) is 125 Å². The summed E-state index contributed by atoms with van der Waals surface area (Å²) in [5.74, 6) is -2.08. The van der Waals surface area contributed by atoms with E-state index >= 15 is 0 Å². The molecule has 1 atom stereocenters. The molecule has 0 spiro atoms. The van der Waals surface area contributed by atoms with Crippen LogP contribution in [0.15, 0.2) is 101 Å². The number of ketones is 1. The van der Waals surface area contributed by atoms with Crippen LogP contribution in [0.5, 0.6) is 5.75 Å². The fourth-order valence-corrected chi connectivity index (χ4v) is 4.61. The van der Waals surface area contributed by atoms with Crippen molar-refractivity contribution in [3.8, 4) is 5.75 Å². The first-order chi connectivity index (χ1) is 18.8. The minimum Gasteiger partial charge on any atom is -0.507 e. The highest BCUT2D eigenvalue weighted by Crippen LogP contribution is 2.42. The second kappa shape index (κ2) is 10.7. The molecule has 0 radical (unpaired) electrons. The maximum absolute atomic E-state index is 13.3. The molecule has 1 aromatic heterocycles. The number of hydrogen-bond acceptors (Lipinski definition) is 6. The number of ether oxygens (including phenoxy) is 1. The minimum atomic E-state index is -1.01. The zero-order chi connectivity index (χ0) is 27.5. The molecule has 5 rings (SSSR count). The molecule has 8 heteroatoms. The summed E-state index contributed by atoms with van der Waals surface area (Å²) in [6.07, 6.45) is 1.25. The number of furan rings is 1. The first-order valence-corrected chi connectivity index (χ1v) is 12.3. The van der Waals surface area contributed by atoms with Crippen molar-refractivity contribution in [2.24, 2.45) is 0 Å². The van der Waals surface area contributed by atoms with E-state index in [0.29, 0.717) is 34.9 Å². The number of carbonyl (C=O) groups is 3. The predicted molar refractivity (Wildman–Crippen MR) is 143 cm³/mol. The normalized spacial score (nSPS) is 16.4. The van der Waals surface area contributed by atoms with Gasteiger partial charge in [-0.1, -0.05) is 42.5 Å². The average Bonchev–Trinajstić information content (AvgIpc) is 3.55. The average molecular weight is 524 g/mol. The lowest BCUT2D eigenvalue weighted by atomic mass is 9.98. The fraction of sp³-hybridized carbons (Fsp3) is 0.129. The summed E-state index contributed by atoms with van der Waals surface area (Å²) in [6, 6.07) is 23.3. The van der Waals surface area contributed by atoms with Crippen molar-refractivity contribution in [2.75, 3.05) is 4.90 Å². The molecule has 8 nitrogen and oxygen atoms in total. The van der Waals surface area contributed by atoms with E-state index in [1.54, 1.807) is 54.6 Å². The third-order valence-electron chi connectivity index (χ3n) is 6.51. The Morgan fingerprint density at radius 3 is 2.31 bits per heavy atom. The Hall–Kier alpha value is -5.11. The monoisotopic (exact) mass is 523 g/mol. The van der Waals surface area contributed by atoms with Gasteiger partial charge >= 0.3 is 5.97 Å². The molecule has 1 saturated heterocycles. The van der Waals surface area contributed by atoms with Crippen LogP contribution < -0.4 is 9.64 Å². The van der Waals surface area contributed by atoms with Gasteiger partial charge in [-0.2, -0.15) is 0 Å². The summed E-state index contributed by atoms with van der Waals surface area (Å²) < 4.78 is 11.5. The number of Topliss-reactive ketones (excluding diaryl/α,β-unsaturated/α-hetero) is 1. The summed E-state index contributed by atoms with van der Waals surface area (Å²) in [6.45, 7) is 2.21. The SMILES string of the molecule is Cc1cc(/C(O)=C2/C(=O)C(=O)N(c3ccc(CC(=O)O)cc3)C2c2ccco2)ccc1OCc1ccccc1. The Morgan fingerprint density at radius 1 is 0.923 bits per heavy atom. The Bertz CT molecular complexity index is 1550. The number of carboxylic acid groups (broad SMARTS) is 1. The highest BCUT2D eigenvalue weighted by atomic mass is 16.5. The van der Waals surface area contributed by atoms with E-state index in [9.17, 15) is 19.5 Å². The number of amides is 1. The number of rotatable bonds is 8. The zero-order valence-corrected chi connectivity index (χ0v) is 21.0. The van der Waals surface area contributed by atoms with Gasteiger partial charge in [0.2, 0.25) is 0 Å². The molecule has 0 bridgehead atoms. The van der Waals surface area contributed by atoms with Gasteiger partial charge in [-0.25, -0.2) is 0 Å². The van der Waals surface area contributed by atoms with Crippen molar-refractivity contribution in [3.63, 3.8) is 0 Å². The van der Waals surface area contributed by atoms with Crippen molar-refractivity contribution in [2.45, 2.75) is 26.0 Å². The second-order valence-electron chi connectivity index (χ2n) is 9.18. The van der Waals surface area contributed by atoms with Crippen LogP contribution in [0.4, 0.5) is 5.69 Å². The standard InChI is InChI=1S/C31H25NO7/c1-19-16-22(11-14-24(19)39-18-21-6-3-2-4-7-21)29(35)27-28(25-8-5-15-38-25)32(31(37)30(27)36)23-12-9-20(10-13-23)17-26(33)34/h2-16,28,35H,17-18H2,1H3,(H,33,34)/b29-27-. The van der Waals surface area contributed by atoms with Crippen LogP contribution >= 0.6 is 0 Å².